The van der Waals surface area contributed by atoms with Crippen LogP contribution in [0.1, 0.15) is 57.2 Å². The lowest BCUT2D eigenvalue weighted by atomic mass is 9.90. The Labute approximate surface area is 120 Å². The van der Waals surface area contributed by atoms with E-state index in [4.69, 9.17) is 0 Å². The molecule has 2 unspecified atom stereocenters. The molecule has 0 heterocycles. The minimum absolute atomic E-state index is 0.473. The Morgan fingerprint density at radius 3 is 2.44 bits per heavy atom. The molecule has 0 saturated heterocycles. The van der Waals surface area contributed by atoms with E-state index in [9.17, 15) is 0 Å². The van der Waals surface area contributed by atoms with Crippen LogP contribution in [0.15, 0.2) is 22.7 Å². The van der Waals surface area contributed by atoms with E-state index in [0.717, 1.165) is 6.54 Å². The molecule has 1 aromatic carbocycles. The fourth-order valence-electron chi connectivity index (χ4n) is 2.51. The third kappa shape index (κ3) is 4.74. The lowest BCUT2D eigenvalue weighted by molar-refractivity contribution is 0.363. The van der Waals surface area contributed by atoms with Crippen molar-refractivity contribution in [2.75, 3.05) is 6.54 Å². The summed E-state index contributed by atoms with van der Waals surface area (Å²) in [7, 11) is 0. The van der Waals surface area contributed by atoms with E-state index in [2.05, 4.69) is 67.1 Å². The van der Waals surface area contributed by atoms with E-state index in [1.165, 1.54) is 34.9 Å². The fraction of sp³-hybridized carbons (Fsp3) is 0.625. The highest BCUT2D eigenvalue weighted by molar-refractivity contribution is 9.10. The third-order valence-electron chi connectivity index (χ3n) is 3.35. The molecule has 1 nitrogen and oxygen atoms in total. The van der Waals surface area contributed by atoms with Crippen molar-refractivity contribution in [3.05, 3.63) is 33.8 Å². The van der Waals surface area contributed by atoms with Crippen LogP contribution in [-0.4, -0.2) is 6.54 Å². The SMILES string of the molecule is CCCNC(c1cc(C)cc(Br)c1)C(C)CCC. The number of halogens is 1. The number of hydrogen-bond donors (Lipinski definition) is 1. The van der Waals surface area contributed by atoms with Crippen molar-refractivity contribution >= 4 is 15.9 Å². The predicted octanol–water partition coefficient (Wildman–Crippen LogP) is 5.23. The van der Waals surface area contributed by atoms with Gasteiger partial charge in [-0.1, -0.05) is 49.2 Å². The number of aryl methyl sites for hydroxylation is 1. The van der Waals surface area contributed by atoms with E-state index >= 15 is 0 Å². The molecule has 1 N–H and O–H groups in total. The van der Waals surface area contributed by atoms with Crippen LogP contribution < -0.4 is 5.32 Å². The maximum atomic E-state index is 3.70. The van der Waals surface area contributed by atoms with Gasteiger partial charge >= 0.3 is 0 Å². The first-order valence-corrected chi connectivity index (χ1v) is 7.88. The van der Waals surface area contributed by atoms with Crippen LogP contribution >= 0.6 is 15.9 Å². The molecule has 0 saturated carbocycles. The summed E-state index contributed by atoms with van der Waals surface area (Å²) in [4.78, 5) is 0. The minimum Gasteiger partial charge on any atom is -0.310 e. The summed E-state index contributed by atoms with van der Waals surface area (Å²) in [5.74, 6) is 0.676. The average molecular weight is 312 g/mol. The Morgan fingerprint density at radius 1 is 1.17 bits per heavy atom. The molecule has 0 amide bonds. The number of nitrogens with one attached hydrogen (secondary N) is 1. The van der Waals surface area contributed by atoms with Crippen LogP contribution in [0, 0.1) is 12.8 Å². The zero-order valence-electron chi connectivity index (χ0n) is 12.1. The second-order valence-corrected chi connectivity index (χ2v) is 6.18. The summed E-state index contributed by atoms with van der Waals surface area (Å²) >= 11 is 3.61. The first kappa shape index (κ1) is 15.7. The highest BCUT2D eigenvalue weighted by Gasteiger charge is 2.18. The first-order chi connectivity index (χ1) is 8.58. The Kier molecular flexibility index (Phi) is 6.95. The molecule has 0 bridgehead atoms. The second kappa shape index (κ2) is 7.96. The van der Waals surface area contributed by atoms with E-state index in [-0.39, 0.29) is 0 Å². The topological polar surface area (TPSA) is 12.0 Å². The number of rotatable bonds is 7. The maximum absolute atomic E-state index is 3.70. The van der Waals surface area contributed by atoms with Crippen molar-refractivity contribution in [1.29, 1.82) is 0 Å². The Hall–Kier alpha value is -0.340. The zero-order valence-corrected chi connectivity index (χ0v) is 13.7. The smallest absolute Gasteiger partial charge is 0.0346 e. The van der Waals surface area contributed by atoms with E-state index in [1.54, 1.807) is 0 Å². The van der Waals surface area contributed by atoms with E-state index in [1.807, 2.05) is 0 Å². The summed E-state index contributed by atoms with van der Waals surface area (Å²) in [6, 6.07) is 7.21. The molecule has 0 spiro atoms. The van der Waals surface area contributed by atoms with Crippen LogP contribution in [-0.2, 0) is 0 Å². The summed E-state index contributed by atoms with van der Waals surface area (Å²) in [6.07, 6.45) is 3.70. The number of hydrogen-bond acceptors (Lipinski definition) is 1. The maximum Gasteiger partial charge on any atom is 0.0346 e. The van der Waals surface area contributed by atoms with Gasteiger partial charge in [-0.2, -0.15) is 0 Å². The molecule has 18 heavy (non-hydrogen) atoms. The molecular formula is C16H26BrN. The molecule has 1 aromatic rings. The van der Waals surface area contributed by atoms with Gasteiger partial charge in [0.2, 0.25) is 0 Å². The molecule has 102 valence electrons. The monoisotopic (exact) mass is 311 g/mol. The Morgan fingerprint density at radius 2 is 1.89 bits per heavy atom. The average Bonchev–Trinajstić information content (AvgIpc) is 2.28. The first-order valence-electron chi connectivity index (χ1n) is 7.09. The highest BCUT2D eigenvalue weighted by Crippen LogP contribution is 2.28. The molecule has 0 fully saturated rings. The summed E-state index contributed by atoms with van der Waals surface area (Å²) < 4.78 is 1.18. The molecule has 2 heteroatoms. The molecule has 1 rings (SSSR count). The minimum atomic E-state index is 0.473. The lowest BCUT2D eigenvalue weighted by Crippen LogP contribution is -2.27. The largest absolute Gasteiger partial charge is 0.310 e. The van der Waals surface area contributed by atoms with Gasteiger partial charge in [0.25, 0.3) is 0 Å². The molecule has 2 atom stereocenters. The molecule has 0 aromatic heterocycles. The van der Waals surface area contributed by atoms with Gasteiger partial charge in [0.15, 0.2) is 0 Å². The molecular weight excluding hydrogens is 286 g/mol. The highest BCUT2D eigenvalue weighted by atomic mass is 79.9. The van der Waals surface area contributed by atoms with Gasteiger partial charge < -0.3 is 5.32 Å². The van der Waals surface area contributed by atoms with Gasteiger partial charge in [-0.3, -0.25) is 0 Å². The quantitative estimate of drug-likeness (QED) is 0.726. The van der Waals surface area contributed by atoms with Crippen LogP contribution in [0.5, 0.6) is 0 Å². The summed E-state index contributed by atoms with van der Waals surface area (Å²) in [6.45, 7) is 10.1. The Bertz CT molecular complexity index is 342. The fourth-order valence-corrected chi connectivity index (χ4v) is 3.14. The van der Waals surface area contributed by atoms with Crippen LogP contribution in [0.3, 0.4) is 0 Å². The van der Waals surface area contributed by atoms with Crippen molar-refractivity contribution in [2.45, 2.75) is 53.0 Å². The number of benzene rings is 1. The van der Waals surface area contributed by atoms with E-state index in [0.29, 0.717) is 12.0 Å². The third-order valence-corrected chi connectivity index (χ3v) is 3.81. The van der Waals surface area contributed by atoms with Gasteiger partial charge in [-0.05, 0) is 55.5 Å². The van der Waals surface area contributed by atoms with Crippen molar-refractivity contribution in [3.8, 4) is 0 Å². The Balaban J connectivity index is 2.92. The van der Waals surface area contributed by atoms with Gasteiger partial charge in [-0.15, -0.1) is 0 Å². The van der Waals surface area contributed by atoms with Crippen molar-refractivity contribution in [3.63, 3.8) is 0 Å². The molecule has 0 aliphatic rings. The van der Waals surface area contributed by atoms with Crippen LogP contribution in [0.2, 0.25) is 0 Å². The lowest BCUT2D eigenvalue weighted by Gasteiger charge is -2.26. The van der Waals surface area contributed by atoms with Gasteiger partial charge in [0.05, 0.1) is 0 Å². The standard InChI is InChI=1S/C16H26BrN/c1-5-7-13(4)16(18-8-6-2)14-9-12(3)10-15(17)11-14/h9-11,13,16,18H,5-8H2,1-4H3. The molecule has 0 radical (unpaired) electrons. The van der Waals surface area contributed by atoms with Crippen molar-refractivity contribution in [1.82, 2.24) is 5.32 Å². The van der Waals surface area contributed by atoms with E-state index < -0.39 is 0 Å². The predicted molar refractivity (Wildman–Crippen MR) is 84.0 cm³/mol. The summed E-state index contributed by atoms with van der Waals surface area (Å²) in [5, 5.41) is 3.70. The second-order valence-electron chi connectivity index (χ2n) is 5.26. The molecule has 0 aliphatic heterocycles. The zero-order chi connectivity index (χ0) is 13.5. The normalized spacial score (nSPS) is 14.5. The van der Waals surface area contributed by atoms with Crippen LogP contribution in [0.25, 0.3) is 0 Å². The van der Waals surface area contributed by atoms with Gasteiger partial charge in [0.1, 0.15) is 0 Å². The molecule has 0 aliphatic carbocycles. The van der Waals surface area contributed by atoms with Crippen molar-refractivity contribution < 1.29 is 0 Å². The summed E-state index contributed by atoms with van der Waals surface area (Å²) in [5.41, 5.74) is 2.74. The van der Waals surface area contributed by atoms with Crippen LogP contribution in [0.4, 0.5) is 0 Å². The van der Waals surface area contributed by atoms with Gasteiger partial charge in [-0.25, -0.2) is 0 Å². The van der Waals surface area contributed by atoms with Crippen molar-refractivity contribution in [2.24, 2.45) is 5.92 Å². The van der Waals surface area contributed by atoms with Gasteiger partial charge in [0, 0.05) is 10.5 Å².